The number of hydrogen-bond donors (Lipinski definition) is 3. The van der Waals surface area contributed by atoms with Crippen LogP contribution in [-0.2, 0) is 23.1 Å². The van der Waals surface area contributed by atoms with E-state index < -0.39 is 10.0 Å². The average molecular weight is 388 g/mol. The third kappa shape index (κ3) is 5.02. The molecular weight excluding hydrogens is 368 g/mol. The summed E-state index contributed by atoms with van der Waals surface area (Å²) in [5.41, 5.74) is 1.71. The summed E-state index contributed by atoms with van der Waals surface area (Å²) in [7, 11) is -3.76. The standard InChI is InChI=1S/C17H20N6O3S/c1-13-9-15(22-21-13)11-20-27(25,26)16-4-2-3-14(10-16)17(24)19-6-8-23-7-5-18-12-23/h2-5,7,9-10,12,20H,6,8,11H2,1H3,(H,19,24)(H,21,22). The molecule has 3 aromatic rings. The van der Waals surface area contributed by atoms with Crippen LogP contribution in [0.2, 0.25) is 0 Å². The van der Waals surface area contributed by atoms with Crippen LogP contribution < -0.4 is 10.0 Å². The monoisotopic (exact) mass is 388 g/mol. The van der Waals surface area contributed by atoms with Crippen LogP contribution in [0, 0.1) is 6.92 Å². The number of rotatable bonds is 8. The Bertz CT molecular complexity index is 1010. The minimum Gasteiger partial charge on any atom is -0.350 e. The maximum absolute atomic E-state index is 12.5. The molecule has 2 heterocycles. The number of benzene rings is 1. The molecule has 0 aliphatic rings. The molecule has 0 saturated carbocycles. The Morgan fingerprint density at radius 1 is 1.30 bits per heavy atom. The first-order chi connectivity index (χ1) is 12.9. The maximum atomic E-state index is 12.5. The van der Waals surface area contributed by atoms with Gasteiger partial charge in [-0.2, -0.15) is 5.10 Å². The lowest BCUT2D eigenvalue weighted by Crippen LogP contribution is -2.28. The first-order valence-corrected chi connectivity index (χ1v) is 9.77. The van der Waals surface area contributed by atoms with Crippen molar-refractivity contribution in [3.8, 4) is 0 Å². The van der Waals surface area contributed by atoms with Crippen molar-refractivity contribution in [2.24, 2.45) is 0 Å². The first kappa shape index (κ1) is 18.8. The molecule has 0 aliphatic carbocycles. The molecule has 142 valence electrons. The van der Waals surface area contributed by atoms with Gasteiger partial charge in [-0.15, -0.1) is 0 Å². The SMILES string of the molecule is Cc1cc(CNS(=O)(=O)c2cccc(C(=O)NCCn3ccnc3)c2)n[nH]1. The van der Waals surface area contributed by atoms with Crippen LogP contribution in [-0.4, -0.2) is 40.6 Å². The molecule has 3 N–H and O–H groups in total. The molecule has 0 saturated heterocycles. The zero-order valence-corrected chi connectivity index (χ0v) is 15.5. The zero-order chi connectivity index (χ0) is 19.3. The largest absolute Gasteiger partial charge is 0.350 e. The molecule has 0 spiro atoms. The van der Waals surface area contributed by atoms with E-state index in [0.717, 1.165) is 5.69 Å². The summed E-state index contributed by atoms with van der Waals surface area (Å²) < 4.78 is 29.2. The van der Waals surface area contributed by atoms with Crippen LogP contribution in [0.5, 0.6) is 0 Å². The van der Waals surface area contributed by atoms with Gasteiger partial charge in [-0.3, -0.25) is 9.89 Å². The normalized spacial score (nSPS) is 11.4. The molecule has 0 bridgehead atoms. The minimum atomic E-state index is -3.76. The number of H-pyrrole nitrogens is 1. The summed E-state index contributed by atoms with van der Waals surface area (Å²) in [5, 5.41) is 9.51. The molecule has 1 amide bonds. The van der Waals surface area contributed by atoms with E-state index >= 15 is 0 Å². The number of hydrogen-bond acceptors (Lipinski definition) is 5. The van der Waals surface area contributed by atoms with Gasteiger partial charge in [-0.25, -0.2) is 18.1 Å². The van der Waals surface area contributed by atoms with E-state index in [1.165, 1.54) is 18.2 Å². The van der Waals surface area contributed by atoms with Crippen molar-refractivity contribution in [2.75, 3.05) is 6.54 Å². The molecule has 3 rings (SSSR count). The van der Waals surface area contributed by atoms with Gasteiger partial charge in [0, 0.05) is 36.7 Å². The number of aryl methyl sites for hydroxylation is 1. The molecule has 0 radical (unpaired) electrons. The molecule has 10 heteroatoms. The van der Waals surface area contributed by atoms with Gasteiger partial charge in [0.05, 0.1) is 23.5 Å². The Morgan fingerprint density at radius 2 is 2.15 bits per heavy atom. The molecule has 1 aromatic carbocycles. The van der Waals surface area contributed by atoms with Gasteiger partial charge in [0.2, 0.25) is 10.0 Å². The highest BCUT2D eigenvalue weighted by atomic mass is 32.2. The molecule has 0 atom stereocenters. The van der Waals surface area contributed by atoms with Gasteiger partial charge in [0.1, 0.15) is 0 Å². The molecule has 2 aromatic heterocycles. The molecule has 0 aliphatic heterocycles. The van der Waals surface area contributed by atoms with E-state index in [2.05, 4.69) is 25.2 Å². The number of imidazole rings is 1. The van der Waals surface area contributed by atoms with E-state index in [0.29, 0.717) is 18.8 Å². The number of amides is 1. The van der Waals surface area contributed by atoms with Crippen molar-refractivity contribution in [2.45, 2.75) is 24.9 Å². The quantitative estimate of drug-likeness (QED) is 0.527. The Kier molecular flexibility index (Phi) is 5.67. The fourth-order valence-corrected chi connectivity index (χ4v) is 3.49. The van der Waals surface area contributed by atoms with E-state index in [4.69, 9.17) is 0 Å². The van der Waals surface area contributed by atoms with Gasteiger partial charge in [-0.1, -0.05) is 6.07 Å². The predicted octanol–water partition coefficient (Wildman–Crippen LogP) is 0.823. The Labute approximate surface area is 156 Å². The van der Waals surface area contributed by atoms with Crippen LogP contribution in [0.15, 0.2) is 53.9 Å². The lowest BCUT2D eigenvalue weighted by Gasteiger charge is -2.09. The molecule has 0 fully saturated rings. The molecule has 9 nitrogen and oxygen atoms in total. The highest BCUT2D eigenvalue weighted by Crippen LogP contribution is 2.12. The van der Waals surface area contributed by atoms with E-state index in [-0.39, 0.29) is 22.9 Å². The first-order valence-electron chi connectivity index (χ1n) is 8.28. The van der Waals surface area contributed by atoms with Crippen LogP contribution in [0.4, 0.5) is 0 Å². The number of aromatic amines is 1. The van der Waals surface area contributed by atoms with Crippen LogP contribution in [0.3, 0.4) is 0 Å². The topological polar surface area (TPSA) is 122 Å². The second-order valence-corrected chi connectivity index (χ2v) is 7.72. The molecule has 27 heavy (non-hydrogen) atoms. The van der Waals surface area contributed by atoms with Crippen molar-refractivity contribution in [1.29, 1.82) is 0 Å². The Balaban J connectivity index is 1.61. The molecular formula is C17H20N6O3S. The van der Waals surface area contributed by atoms with Crippen molar-refractivity contribution >= 4 is 15.9 Å². The van der Waals surface area contributed by atoms with E-state index in [1.807, 2.05) is 11.5 Å². The van der Waals surface area contributed by atoms with Crippen molar-refractivity contribution in [3.63, 3.8) is 0 Å². The van der Waals surface area contributed by atoms with Crippen LogP contribution in [0.25, 0.3) is 0 Å². The number of sulfonamides is 1. The third-order valence-electron chi connectivity index (χ3n) is 3.82. The number of carbonyl (C=O) groups is 1. The van der Waals surface area contributed by atoms with Crippen molar-refractivity contribution < 1.29 is 13.2 Å². The Morgan fingerprint density at radius 3 is 2.85 bits per heavy atom. The predicted molar refractivity (Wildman–Crippen MR) is 98.4 cm³/mol. The summed E-state index contributed by atoms with van der Waals surface area (Å²) >= 11 is 0. The summed E-state index contributed by atoms with van der Waals surface area (Å²) in [6.45, 7) is 2.88. The van der Waals surface area contributed by atoms with Crippen LogP contribution in [0.1, 0.15) is 21.7 Å². The second-order valence-electron chi connectivity index (χ2n) is 5.95. The fraction of sp³-hybridized carbons (Fsp3) is 0.235. The number of nitrogens with one attached hydrogen (secondary N) is 3. The minimum absolute atomic E-state index is 0.0250. The lowest BCUT2D eigenvalue weighted by molar-refractivity contribution is 0.0952. The number of nitrogens with zero attached hydrogens (tertiary/aromatic N) is 3. The van der Waals surface area contributed by atoms with E-state index in [9.17, 15) is 13.2 Å². The third-order valence-corrected chi connectivity index (χ3v) is 5.22. The second kappa shape index (κ2) is 8.14. The van der Waals surface area contributed by atoms with Gasteiger partial charge < -0.3 is 9.88 Å². The number of aromatic nitrogens is 4. The maximum Gasteiger partial charge on any atom is 0.251 e. The summed E-state index contributed by atoms with van der Waals surface area (Å²) in [6.07, 6.45) is 5.12. The van der Waals surface area contributed by atoms with Gasteiger partial charge >= 0.3 is 0 Å². The summed E-state index contributed by atoms with van der Waals surface area (Å²) in [5.74, 6) is -0.338. The highest BCUT2D eigenvalue weighted by molar-refractivity contribution is 7.89. The molecule has 0 unspecified atom stereocenters. The van der Waals surface area contributed by atoms with Gasteiger partial charge in [0.25, 0.3) is 5.91 Å². The summed E-state index contributed by atoms with van der Waals surface area (Å²) in [4.78, 5) is 16.2. The van der Waals surface area contributed by atoms with Crippen molar-refractivity contribution in [1.82, 2.24) is 29.8 Å². The van der Waals surface area contributed by atoms with Crippen LogP contribution >= 0.6 is 0 Å². The Hall–Kier alpha value is -2.98. The summed E-state index contributed by atoms with van der Waals surface area (Å²) in [6, 6.07) is 7.67. The fourth-order valence-electron chi connectivity index (χ4n) is 2.44. The average Bonchev–Trinajstić information content (AvgIpc) is 3.32. The van der Waals surface area contributed by atoms with Crippen molar-refractivity contribution in [3.05, 3.63) is 66.0 Å². The van der Waals surface area contributed by atoms with Gasteiger partial charge in [-0.05, 0) is 31.2 Å². The highest BCUT2D eigenvalue weighted by Gasteiger charge is 2.16. The number of carbonyl (C=O) groups excluding carboxylic acids is 1. The lowest BCUT2D eigenvalue weighted by atomic mass is 10.2. The zero-order valence-electron chi connectivity index (χ0n) is 14.7. The smallest absolute Gasteiger partial charge is 0.251 e. The van der Waals surface area contributed by atoms with E-state index in [1.54, 1.807) is 30.9 Å². The van der Waals surface area contributed by atoms with Gasteiger partial charge in [0.15, 0.2) is 0 Å².